The Kier molecular flexibility index (Phi) is 6.17. The van der Waals surface area contributed by atoms with Crippen LogP contribution in [0.1, 0.15) is 24.4 Å². The molecule has 0 aliphatic carbocycles. The third-order valence-corrected chi connectivity index (χ3v) is 4.69. The number of hydrogen-bond acceptors (Lipinski definition) is 8. The number of aryl methyl sites for hydroxylation is 1. The molecule has 0 saturated heterocycles. The summed E-state index contributed by atoms with van der Waals surface area (Å²) in [6.07, 6.45) is 5.34. The minimum absolute atomic E-state index is 0.100. The summed E-state index contributed by atoms with van der Waals surface area (Å²) in [6.45, 7) is 3.41. The van der Waals surface area contributed by atoms with E-state index in [9.17, 15) is 13.2 Å². The van der Waals surface area contributed by atoms with Crippen LogP contribution < -0.4 is 14.8 Å². The first kappa shape index (κ1) is 21.5. The van der Waals surface area contributed by atoms with Crippen molar-refractivity contribution in [3.8, 4) is 11.7 Å². The normalized spacial score (nSPS) is 12.3. The molecule has 1 aromatic carbocycles. The molecule has 0 fully saturated rings. The van der Waals surface area contributed by atoms with Gasteiger partial charge in [0.05, 0.1) is 18.0 Å². The Labute approximate surface area is 177 Å². The first-order chi connectivity index (χ1) is 14.1. The van der Waals surface area contributed by atoms with Gasteiger partial charge in [0.25, 0.3) is 5.95 Å². The third kappa shape index (κ3) is 5.21. The van der Waals surface area contributed by atoms with Crippen LogP contribution in [0.25, 0.3) is 5.95 Å². The van der Waals surface area contributed by atoms with Crippen LogP contribution in [0.4, 0.5) is 10.5 Å². The highest BCUT2D eigenvalue weighted by molar-refractivity contribution is 7.86. The number of nitrogens with one attached hydrogen (secondary N) is 2. The van der Waals surface area contributed by atoms with E-state index in [0.717, 1.165) is 6.26 Å². The van der Waals surface area contributed by atoms with E-state index < -0.39 is 22.2 Å². The van der Waals surface area contributed by atoms with Crippen LogP contribution in [0.3, 0.4) is 0 Å². The molecule has 0 bridgehead atoms. The molecule has 0 radical (unpaired) electrons. The summed E-state index contributed by atoms with van der Waals surface area (Å²) in [4.78, 5) is 24.9. The van der Waals surface area contributed by atoms with E-state index >= 15 is 0 Å². The maximum atomic E-state index is 12.5. The van der Waals surface area contributed by atoms with Crippen LogP contribution in [0.2, 0.25) is 5.02 Å². The Morgan fingerprint density at radius 1 is 1.23 bits per heavy atom. The number of nitrogens with zero attached hydrogens (tertiary/aromatic N) is 5. The molecule has 2 N–H and O–H groups in total. The van der Waals surface area contributed by atoms with Crippen LogP contribution in [0.15, 0.2) is 36.9 Å². The number of hydrogen-bond donors (Lipinski definition) is 2. The van der Waals surface area contributed by atoms with Crippen molar-refractivity contribution in [3.05, 3.63) is 53.3 Å². The zero-order valence-corrected chi connectivity index (χ0v) is 17.8. The Morgan fingerprint density at radius 2 is 1.93 bits per heavy atom. The molecule has 0 unspecified atom stereocenters. The van der Waals surface area contributed by atoms with Gasteiger partial charge in [-0.1, -0.05) is 11.6 Å². The monoisotopic (exact) mass is 451 g/mol. The minimum atomic E-state index is -3.83. The summed E-state index contributed by atoms with van der Waals surface area (Å²) >= 11 is 6.05. The molecule has 30 heavy (non-hydrogen) atoms. The van der Waals surface area contributed by atoms with Gasteiger partial charge in [0.2, 0.25) is 0 Å². The number of halogens is 1. The lowest BCUT2D eigenvalue weighted by molar-refractivity contribution is 0.248. The van der Waals surface area contributed by atoms with Crippen LogP contribution in [0, 0.1) is 6.92 Å². The van der Waals surface area contributed by atoms with Crippen LogP contribution in [-0.2, 0) is 10.1 Å². The average Bonchev–Trinajstić information content (AvgIpc) is 3.15. The second kappa shape index (κ2) is 8.63. The lowest BCUT2D eigenvalue weighted by atomic mass is 10.2. The van der Waals surface area contributed by atoms with E-state index in [4.69, 9.17) is 15.8 Å². The van der Waals surface area contributed by atoms with E-state index in [-0.39, 0.29) is 11.4 Å². The summed E-state index contributed by atoms with van der Waals surface area (Å²) in [5, 5.41) is 9.64. The second-order valence-corrected chi connectivity index (χ2v) is 8.27. The Hall–Kier alpha value is -3.25. The fraction of sp³-hybridized carbons (Fsp3) is 0.235. The number of carbonyl (C=O) groups excluding carboxylic acids is 1. The second-order valence-electron chi connectivity index (χ2n) is 6.28. The number of benzene rings is 1. The highest BCUT2D eigenvalue weighted by atomic mass is 35.5. The van der Waals surface area contributed by atoms with Gasteiger partial charge in [-0.2, -0.15) is 18.2 Å². The molecule has 0 spiro atoms. The number of aromatic nitrogens is 5. The van der Waals surface area contributed by atoms with Crippen molar-refractivity contribution in [2.75, 3.05) is 11.6 Å². The van der Waals surface area contributed by atoms with Crippen molar-refractivity contribution in [2.24, 2.45) is 0 Å². The lowest BCUT2D eigenvalue weighted by Gasteiger charge is -2.16. The van der Waals surface area contributed by atoms with Gasteiger partial charge < -0.3 is 14.8 Å². The first-order valence-corrected chi connectivity index (χ1v) is 10.8. The van der Waals surface area contributed by atoms with Crippen molar-refractivity contribution in [1.29, 1.82) is 0 Å². The number of carbonyl (C=O) groups is 1. The van der Waals surface area contributed by atoms with Crippen LogP contribution in [-0.4, -0.2) is 45.4 Å². The van der Waals surface area contributed by atoms with Crippen molar-refractivity contribution in [1.82, 2.24) is 30.0 Å². The molecular weight excluding hydrogens is 434 g/mol. The molecular formula is C17H18ClN7O4S. The van der Waals surface area contributed by atoms with Gasteiger partial charge in [0, 0.05) is 23.5 Å². The number of anilines is 1. The number of amides is 2. The Bertz CT molecular complexity index is 1170. The third-order valence-electron chi connectivity index (χ3n) is 3.80. The molecule has 2 heterocycles. The van der Waals surface area contributed by atoms with E-state index in [1.54, 1.807) is 32.3 Å². The van der Waals surface area contributed by atoms with Gasteiger partial charge in [-0.25, -0.2) is 19.7 Å². The van der Waals surface area contributed by atoms with Crippen molar-refractivity contribution < 1.29 is 17.4 Å². The van der Waals surface area contributed by atoms with Crippen LogP contribution >= 0.6 is 11.6 Å². The Morgan fingerprint density at radius 3 is 2.60 bits per heavy atom. The number of urea groups is 1. The minimum Gasteiger partial charge on any atom is -0.380 e. The maximum Gasteiger partial charge on any atom is 0.319 e. The van der Waals surface area contributed by atoms with Gasteiger partial charge >= 0.3 is 16.1 Å². The summed E-state index contributed by atoms with van der Waals surface area (Å²) in [5.74, 6) is 0.601. The molecule has 0 aliphatic rings. The van der Waals surface area contributed by atoms with Gasteiger partial charge in [-0.3, -0.25) is 0 Å². The summed E-state index contributed by atoms with van der Waals surface area (Å²) in [5.41, 5.74) is 0.765. The van der Waals surface area contributed by atoms with E-state index in [2.05, 4.69) is 30.7 Å². The molecule has 0 aliphatic heterocycles. The summed E-state index contributed by atoms with van der Waals surface area (Å²) < 4.78 is 29.4. The lowest BCUT2D eigenvalue weighted by Crippen LogP contribution is -2.33. The van der Waals surface area contributed by atoms with E-state index in [0.29, 0.717) is 22.4 Å². The SMILES string of the molecule is Cc1cc(NC(=O)N[C@@H](C)c2ncnn2-c2ncccn2)c(OS(C)(=O)=O)cc1Cl. The van der Waals surface area contributed by atoms with Gasteiger partial charge in [0.1, 0.15) is 6.33 Å². The number of rotatable bonds is 6. The van der Waals surface area contributed by atoms with Crippen molar-refractivity contribution in [3.63, 3.8) is 0 Å². The highest BCUT2D eigenvalue weighted by Crippen LogP contribution is 2.32. The van der Waals surface area contributed by atoms with Gasteiger partial charge in [-0.15, -0.1) is 0 Å². The predicted octanol–water partition coefficient (Wildman–Crippen LogP) is 2.24. The largest absolute Gasteiger partial charge is 0.380 e. The quantitative estimate of drug-likeness (QED) is 0.543. The molecule has 158 valence electrons. The fourth-order valence-corrected chi connectivity index (χ4v) is 3.13. The molecule has 3 aromatic rings. The molecule has 2 amide bonds. The molecule has 11 nitrogen and oxygen atoms in total. The maximum absolute atomic E-state index is 12.5. The molecule has 2 aromatic heterocycles. The summed E-state index contributed by atoms with van der Waals surface area (Å²) in [7, 11) is -3.83. The van der Waals surface area contributed by atoms with Crippen LogP contribution in [0.5, 0.6) is 5.75 Å². The molecule has 3 rings (SSSR count). The standard InChI is InChI=1S/C17H18ClN7O4S/c1-10-7-13(14(8-12(10)18)29-30(3,27)28)24-17(26)23-11(2)15-21-9-22-25(15)16-19-5-4-6-20-16/h4-9,11H,1-3H3,(H2,23,24,26)/t11-/m0/s1. The molecule has 13 heteroatoms. The molecule has 1 atom stereocenters. The topological polar surface area (TPSA) is 141 Å². The average molecular weight is 452 g/mol. The fourth-order valence-electron chi connectivity index (χ4n) is 2.51. The predicted molar refractivity (Wildman–Crippen MR) is 109 cm³/mol. The first-order valence-electron chi connectivity index (χ1n) is 8.58. The van der Waals surface area contributed by atoms with Crippen molar-refractivity contribution >= 4 is 33.4 Å². The smallest absolute Gasteiger partial charge is 0.319 e. The van der Waals surface area contributed by atoms with Gasteiger partial charge in [0.15, 0.2) is 11.6 Å². The highest BCUT2D eigenvalue weighted by Gasteiger charge is 2.20. The zero-order valence-electron chi connectivity index (χ0n) is 16.2. The van der Waals surface area contributed by atoms with Crippen molar-refractivity contribution in [2.45, 2.75) is 19.9 Å². The zero-order chi connectivity index (χ0) is 21.9. The van der Waals surface area contributed by atoms with E-state index in [1.165, 1.54) is 23.1 Å². The van der Waals surface area contributed by atoms with E-state index in [1.807, 2.05) is 0 Å². The summed E-state index contributed by atoms with van der Waals surface area (Å²) in [6, 6.07) is 3.29. The Balaban J connectivity index is 1.79. The van der Waals surface area contributed by atoms with Gasteiger partial charge in [-0.05, 0) is 31.5 Å². The molecule has 0 saturated carbocycles.